The van der Waals surface area contributed by atoms with Crippen LogP contribution in [0.15, 0.2) is 48.5 Å². The van der Waals surface area contributed by atoms with E-state index in [1.165, 1.54) is 24.3 Å². The number of benzene rings is 2. The molecule has 36 heavy (non-hydrogen) atoms. The van der Waals surface area contributed by atoms with Crippen molar-refractivity contribution < 1.29 is 19.3 Å². The monoisotopic (exact) mass is 491 g/mol. The largest absolute Gasteiger partial charge is 0.368 e. The topological polar surface area (TPSA) is 116 Å². The van der Waals surface area contributed by atoms with Crippen molar-refractivity contribution in [2.45, 2.75) is 24.8 Å². The van der Waals surface area contributed by atoms with Crippen molar-refractivity contribution in [2.75, 3.05) is 50.7 Å². The van der Waals surface area contributed by atoms with E-state index in [1.54, 1.807) is 0 Å². The summed E-state index contributed by atoms with van der Waals surface area (Å²) in [6.45, 7) is 5.65. The second-order valence-electron chi connectivity index (χ2n) is 9.69. The molecule has 2 amide bonds. The second kappa shape index (κ2) is 10.2. The average Bonchev–Trinajstić information content (AvgIpc) is 2.85. The summed E-state index contributed by atoms with van der Waals surface area (Å²) in [5, 5.41) is 13.2. The molecule has 5 rings (SSSR count). The molecule has 2 aromatic carbocycles. The summed E-state index contributed by atoms with van der Waals surface area (Å²) in [7, 11) is 0. The first-order valence-electron chi connectivity index (χ1n) is 12.3. The van der Waals surface area contributed by atoms with E-state index in [2.05, 4.69) is 32.1 Å². The molecule has 3 fully saturated rings. The summed E-state index contributed by atoms with van der Waals surface area (Å²) in [4.78, 5) is 53.3. The predicted octanol–water partition coefficient (Wildman–Crippen LogP) is 1.80. The highest BCUT2D eigenvalue weighted by molar-refractivity contribution is 6.01. The Morgan fingerprint density at radius 2 is 1.64 bits per heavy atom. The summed E-state index contributed by atoms with van der Waals surface area (Å²) in [5.41, 5.74) is 2.57. The first-order valence-corrected chi connectivity index (χ1v) is 12.3. The van der Waals surface area contributed by atoms with Crippen LogP contribution >= 0.6 is 0 Å². The quantitative estimate of drug-likeness (QED) is 0.270. The third-order valence-corrected chi connectivity index (χ3v) is 7.45. The third-order valence-electron chi connectivity index (χ3n) is 7.45. The lowest BCUT2D eigenvalue weighted by Gasteiger charge is -2.49. The van der Waals surface area contributed by atoms with E-state index >= 15 is 0 Å². The van der Waals surface area contributed by atoms with E-state index < -0.39 is 4.92 Å². The van der Waals surface area contributed by atoms with E-state index in [-0.39, 0.29) is 29.2 Å². The van der Waals surface area contributed by atoms with E-state index in [1.807, 2.05) is 12.1 Å². The maximum Gasteiger partial charge on any atom is 0.269 e. The maximum atomic E-state index is 12.6. The molecule has 3 heterocycles. The first kappa shape index (κ1) is 24.1. The van der Waals surface area contributed by atoms with Crippen molar-refractivity contribution in [2.24, 2.45) is 0 Å². The van der Waals surface area contributed by atoms with Crippen LogP contribution in [0, 0.1) is 10.1 Å². The summed E-state index contributed by atoms with van der Waals surface area (Å²) >= 11 is 0. The fourth-order valence-electron chi connectivity index (χ4n) is 5.18. The van der Waals surface area contributed by atoms with Crippen molar-refractivity contribution in [1.29, 1.82) is 0 Å². The fourth-order valence-corrected chi connectivity index (χ4v) is 5.18. The Kier molecular flexibility index (Phi) is 6.80. The minimum Gasteiger partial charge on any atom is -0.368 e. The molecule has 0 bridgehead atoms. The predicted molar refractivity (Wildman–Crippen MR) is 133 cm³/mol. The van der Waals surface area contributed by atoms with Gasteiger partial charge in [0.1, 0.15) is 0 Å². The standard InChI is InChI=1S/C26H29N5O5/c32-24(19-3-7-21(8-4-19)31(35)36)17-28-11-13-29(14-12-28)22-15-30(16-22)20-5-1-18(2-6-20)23-9-10-25(33)27-26(23)34/h1-8,22-23H,9-17H2,(H,27,33,34). The number of nitrogens with zero attached hydrogens (tertiary/aromatic N) is 4. The molecular formula is C26H29N5O5. The average molecular weight is 492 g/mol. The number of nitro groups is 1. The molecule has 0 aliphatic carbocycles. The molecule has 0 spiro atoms. The Morgan fingerprint density at radius 3 is 2.25 bits per heavy atom. The van der Waals surface area contributed by atoms with Crippen molar-refractivity contribution in [3.05, 3.63) is 69.8 Å². The number of non-ortho nitro benzene ring substituents is 1. The minimum atomic E-state index is -0.467. The zero-order chi connectivity index (χ0) is 25.2. The highest BCUT2D eigenvalue weighted by Crippen LogP contribution is 2.29. The summed E-state index contributed by atoms with van der Waals surface area (Å²) in [6.07, 6.45) is 0.936. The molecule has 1 unspecified atom stereocenters. The molecule has 1 atom stereocenters. The minimum absolute atomic E-state index is 0.0139. The molecule has 10 heteroatoms. The SMILES string of the molecule is O=C1CCC(c2ccc(N3CC(N4CCN(CC(=O)c5ccc([N+](=O)[O-])cc5)CC4)C3)cc2)C(=O)N1. The molecule has 0 aromatic heterocycles. The van der Waals surface area contributed by atoms with E-state index in [9.17, 15) is 24.5 Å². The number of hydrogen-bond acceptors (Lipinski definition) is 8. The second-order valence-corrected chi connectivity index (χ2v) is 9.69. The van der Waals surface area contributed by atoms with Gasteiger partial charge in [-0.2, -0.15) is 0 Å². The Bertz CT molecular complexity index is 1150. The number of amides is 2. The molecule has 0 saturated carbocycles. The molecule has 3 aliphatic heterocycles. The molecular weight excluding hydrogens is 462 g/mol. The maximum absolute atomic E-state index is 12.6. The number of Topliss-reactive ketones (excluding diaryl/α,β-unsaturated/α-hetero) is 1. The molecule has 188 valence electrons. The number of hydrogen-bond donors (Lipinski definition) is 1. The Hall–Kier alpha value is -3.63. The molecule has 3 aliphatic rings. The normalized spacial score (nSPS) is 21.7. The molecule has 3 saturated heterocycles. The van der Waals surface area contributed by atoms with Crippen molar-refractivity contribution in [3.63, 3.8) is 0 Å². The van der Waals surface area contributed by atoms with Gasteiger partial charge in [0.25, 0.3) is 5.69 Å². The highest BCUT2D eigenvalue weighted by atomic mass is 16.6. The van der Waals surface area contributed by atoms with Gasteiger partial charge in [0, 0.05) is 75.1 Å². The fraction of sp³-hybridized carbons (Fsp3) is 0.423. The van der Waals surface area contributed by atoms with Gasteiger partial charge >= 0.3 is 0 Å². The number of carbonyl (C=O) groups excluding carboxylic acids is 3. The number of piperazine rings is 1. The number of rotatable bonds is 7. The number of ketones is 1. The number of nitro benzene ring substituents is 1. The number of imide groups is 1. The molecule has 10 nitrogen and oxygen atoms in total. The van der Waals surface area contributed by atoms with Crippen LogP contribution in [-0.2, 0) is 9.59 Å². The Morgan fingerprint density at radius 1 is 0.972 bits per heavy atom. The van der Waals surface area contributed by atoms with E-state index in [4.69, 9.17) is 0 Å². The van der Waals surface area contributed by atoms with Crippen molar-refractivity contribution in [3.8, 4) is 0 Å². The first-order chi connectivity index (χ1) is 17.4. The lowest BCUT2D eigenvalue weighted by atomic mass is 9.90. The summed E-state index contributed by atoms with van der Waals surface area (Å²) < 4.78 is 0. The molecule has 2 aromatic rings. The van der Waals surface area contributed by atoms with Gasteiger partial charge in [-0.15, -0.1) is 0 Å². The van der Waals surface area contributed by atoms with Crippen LogP contribution in [0.5, 0.6) is 0 Å². The van der Waals surface area contributed by atoms with Crippen molar-refractivity contribution in [1.82, 2.24) is 15.1 Å². The van der Waals surface area contributed by atoms with Gasteiger partial charge in [-0.3, -0.25) is 39.6 Å². The van der Waals surface area contributed by atoms with Gasteiger partial charge in [0.15, 0.2) is 5.78 Å². The van der Waals surface area contributed by atoms with Gasteiger partial charge in [-0.05, 0) is 36.2 Å². The Labute approximate surface area is 209 Å². The molecule has 0 radical (unpaired) electrons. The van der Waals surface area contributed by atoms with Crippen LogP contribution in [-0.4, -0.2) is 84.2 Å². The van der Waals surface area contributed by atoms with Crippen LogP contribution in [0.2, 0.25) is 0 Å². The highest BCUT2D eigenvalue weighted by Gasteiger charge is 2.34. The number of carbonyl (C=O) groups is 3. The smallest absolute Gasteiger partial charge is 0.269 e. The zero-order valence-electron chi connectivity index (χ0n) is 20.0. The third kappa shape index (κ3) is 5.14. The van der Waals surface area contributed by atoms with Gasteiger partial charge in [0.05, 0.1) is 17.4 Å². The van der Waals surface area contributed by atoms with Gasteiger partial charge in [-0.25, -0.2) is 0 Å². The van der Waals surface area contributed by atoms with Crippen LogP contribution in [0.4, 0.5) is 11.4 Å². The van der Waals surface area contributed by atoms with E-state index in [0.717, 1.165) is 50.5 Å². The number of piperidine rings is 1. The lowest BCUT2D eigenvalue weighted by molar-refractivity contribution is -0.384. The van der Waals surface area contributed by atoms with Crippen LogP contribution in [0.25, 0.3) is 0 Å². The number of nitrogens with one attached hydrogen (secondary N) is 1. The lowest BCUT2D eigenvalue weighted by Crippen LogP contribution is -2.63. The summed E-state index contributed by atoms with van der Waals surface area (Å²) in [6, 6.07) is 14.4. The van der Waals surface area contributed by atoms with Gasteiger partial charge in [0.2, 0.25) is 11.8 Å². The van der Waals surface area contributed by atoms with Crippen molar-refractivity contribution >= 4 is 29.0 Å². The molecule has 1 N–H and O–H groups in total. The Balaban J connectivity index is 1.06. The van der Waals surface area contributed by atoms with Crippen LogP contribution < -0.4 is 10.2 Å². The zero-order valence-corrected chi connectivity index (χ0v) is 20.0. The number of anilines is 1. The van der Waals surface area contributed by atoms with E-state index in [0.29, 0.717) is 31.0 Å². The van der Waals surface area contributed by atoms with Crippen LogP contribution in [0.1, 0.15) is 34.7 Å². The van der Waals surface area contributed by atoms with Crippen LogP contribution in [0.3, 0.4) is 0 Å². The van der Waals surface area contributed by atoms with Gasteiger partial charge in [-0.1, -0.05) is 12.1 Å². The van der Waals surface area contributed by atoms with Gasteiger partial charge < -0.3 is 4.90 Å². The summed E-state index contributed by atoms with van der Waals surface area (Å²) in [5.74, 6) is -0.689.